The first-order valence-electron chi connectivity index (χ1n) is 7.96. The van der Waals surface area contributed by atoms with Crippen molar-refractivity contribution in [2.75, 3.05) is 7.05 Å². The van der Waals surface area contributed by atoms with Crippen molar-refractivity contribution in [2.45, 2.75) is 65.3 Å². The third-order valence-electron chi connectivity index (χ3n) is 4.31. The summed E-state index contributed by atoms with van der Waals surface area (Å²) in [6.45, 7) is 6.73. The number of aromatic nitrogens is 2. The lowest BCUT2D eigenvalue weighted by Crippen LogP contribution is -2.36. The van der Waals surface area contributed by atoms with E-state index in [1.165, 1.54) is 41.5 Å². The first kappa shape index (κ1) is 17.7. The highest BCUT2D eigenvalue weighted by molar-refractivity contribution is 9.10. The van der Waals surface area contributed by atoms with Crippen LogP contribution in [0.2, 0.25) is 0 Å². The van der Waals surface area contributed by atoms with Crippen molar-refractivity contribution in [3.8, 4) is 0 Å². The van der Waals surface area contributed by atoms with Gasteiger partial charge in [0, 0.05) is 19.5 Å². The van der Waals surface area contributed by atoms with Crippen LogP contribution in [0.5, 0.6) is 0 Å². The summed E-state index contributed by atoms with van der Waals surface area (Å²) in [7, 11) is 4.14. The molecule has 0 saturated carbocycles. The van der Waals surface area contributed by atoms with Gasteiger partial charge in [0.25, 0.3) is 0 Å². The summed E-state index contributed by atoms with van der Waals surface area (Å²) in [6.07, 6.45) is 7.18. The van der Waals surface area contributed by atoms with Crippen LogP contribution < -0.4 is 5.32 Å². The van der Waals surface area contributed by atoms with E-state index in [0.717, 1.165) is 18.8 Å². The maximum atomic E-state index is 4.61. The Morgan fingerprint density at radius 1 is 1.30 bits per heavy atom. The molecule has 3 nitrogen and oxygen atoms in total. The Hall–Kier alpha value is -0.350. The van der Waals surface area contributed by atoms with Crippen LogP contribution in [-0.2, 0) is 19.9 Å². The second kappa shape index (κ2) is 8.83. The van der Waals surface area contributed by atoms with Crippen molar-refractivity contribution >= 4 is 15.9 Å². The largest absolute Gasteiger partial charge is 0.316 e. The van der Waals surface area contributed by atoms with Crippen LogP contribution >= 0.6 is 15.9 Å². The van der Waals surface area contributed by atoms with Gasteiger partial charge in [-0.25, -0.2) is 0 Å². The summed E-state index contributed by atoms with van der Waals surface area (Å²) in [6, 6.07) is 0.531. The number of hydrogen-bond donors (Lipinski definition) is 1. The highest BCUT2D eigenvalue weighted by Crippen LogP contribution is 2.26. The second-order valence-corrected chi connectivity index (χ2v) is 6.39. The van der Waals surface area contributed by atoms with Gasteiger partial charge < -0.3 is 5.32 Å². The molecule has 2 atom stereocenters. The second-order valence-electron chi connectivity index (χ2n) is 5.59. The molecule has 0 spiro atoms. The monoisotopic (exact) mass is 343 g/mol. The predicted octanol–water partition coefficient (Wildman–Crippen LogP) is 4.09. The molecule has 1 N–H and O–H groups in total. The van der Waals surface area contributed by atoms with Gasteiger partial charge in [0.2, 0.25) is 0 Å². The van der Waals surface area contributed by atoms with E-state index in [-0.39, 0.29) is 0 Å². The van der Waals surface area contributed by atoms with Gasteiger partial charge in [-0.3, -0.25) is 4.68 Å². The molecule has 1 rings (SSSR count). The van der Waals surface area contributed by atoms with E-state index < -0.39 is 0 Å². The average Bonchev–Trinajstić information content (AvgIpc) is 2.73. The number of unbranched alkanes of at least 4 members (excludes halogenated alkanes) is 1. The minimum atomic E-state index is 0.531. The number of rotatable bonds is 9. The van der Waals surface area contributed by atoms with Crippen molar-refractivity contribution in [3.63, 3.8) is 0 Å². The topological polar surface area (TPSA) is 29.9 Å². The number of hydrogen-bond acceptors (Lipinski definition) is 2. The zero-order chi connectivity index (χ0) is 15.1. The summed E-state index contributed by atoms with van der Waals surface area (Å²) >= 11 is 3.73. The molecule has 0 saturated heterocycles. The normalized spacial score (nSPS) is 14.5. The van der Waals surface area contributed by atoms with Crippen molar-refractivity contribution < 1.29 is 0 Å². The molecule has 0 bridgehead atoms. The number of nitrogens with zero attached hydrogens (tertiary/aromatic N) is 2. The van der Waals surface area contributed by atoms with Crippen molar-refractivity contribution in [1.82, 2.24) is 15.1 Å². The Kier molecular flexibility index (Phi) is 7.82. The van der Waals surface area contributed by atoms with Gasteiger partial charge in [-0.2, -0.15) is 5.10 Å². The minimum absolute atomic E-state index is 0.531. The van der Waals surface area contributed by atoms with E-state index in [2.05, 4.69) is 61.2 Å². The Labute approximate surface area is 132 Å². The maximum Gasteiger partial charge on any atom is 0.0766 e. The van der Waals surface area contributed by atoms with E-state index >= 15 is 0 Å². The van der Waals surface area contributed by atoms with Gasteiger partial charge in [0.15, 0.2) is 0 Å². The first-order valence-corrected chi connectivity index (χ1v) is 8.75. The fourth-order valence-electron chi connectivity index (χ4n) is 2.91. The SMILES string of the molecule is CCCCC(CC)C(Cc1c(Br)c(CC)nn1C)NC. The van der Waals surface area contributed by atoms with Gasteiger partial charge in [-0.1, -0.05) is 40.0 Å². The summed E-state index contributed by atoms with van der Waals surface area (Å²) < 4.78 is 3.24. The molecule has 2 unspecified atom stereocenters. The Morgan fingerprint density at radius 3 is 2.45 bits per heavy atom. The van der Waals surface area contributed by atoms with Crippen molar-refractivity contribution in [1.29, 1.82) is 0 Å². The van der Waals surface area contributed by atoms with E-state index in [9.17, 15) is 0 Å². The molecule has 0 aliphatic carbocycles. The van der Waals surface area contributed by atoms with E-state index in [4.69, 9.17) is 0 Å². The first-order chi connectivity index (χ1) is 9.58. The molecule has 0 aromatic carbocycles. The summed E-state index contributed by atoms with van der Waals surface area (Å²) in [4.78, 5) is 0. The maximum absolute atomic E-state index is 4.61. The standard InChI is InChI=1S/C16H30BrN3/c1-6-9-10-12(7-2)14(18-4)11-15-16(17)13(8-3)19-20(15)5/h12,14,18H,6-11H2,1-5H3. The van der Waals surface area contributed by atoms with Gasteiger partial charge in [0.1, 0.15) is 0 Å². The van der Waals surface area contributed by atoms with Crippen LogP contribution in [-0.4, -0.2) is 22.9 Å². The van der Waals surface area contributed by atoms with Crippen LogP contribution in [0.25, 0.3) is 0 Å². The van der Waals surface area contributed by atoms with Gasteiger partial charge in [0.05, 0.1) is 15.9 Å². The minimum Gasteiger partial charge on any atom is -0.316 e. The van der Waals surface area contributed by atoms with Crippen LogP contribution in [0, 0.1) is 5.92 Å². The van der Waals surface area contributed by atoms with Crippen LogP contribution in [0.4, 0.5) is 0 Å². The third-order valence-corrected chi connectivity index (χ3v) is 5.22. The fourth-order valence-corrected chi connectivity index (χ4v) is 3.69. The fraction of sp³-hybridized carbons (Fsp3) is 0.812. The molecular weight excluding hydrogens is 314 g/mol. The average molecular weight is 344 g/mol. The molecular formula is C16H30BrN3. The molecule has 0 amide bonds. The molecule has 0 aliphatic heterocycles. The molecule has 0 fully saturated rings. The van der Waals surface area contributed by atoms with Crippen LogP contribution in [0.1, 0.15) is 57.8 Å². The number of halogens is 1. The summed E-state index contributed by atoms with van der Waals surface area (Å²) in [5, 5.41) is 8.14. The third kappa shape index (κ3) is 4.32. The molecule has 1 aromatic rings. The van der Waals surface area contributed by atoms with Gasteiger partial charge in [-0.05, 0) is 41.7 Å². The zero-order valence-corrected chi connectivity index (χ0v) is 15.3. The molecule has 0 aliphatic rings. The van der Waals surface area contributed by atoms with E-state index in [1.807, 2.05) is 4.68 Å². The number of aryl methyl sites for hydroxylation is 2. The predicted molar refractivity (Wildman–Crippen MR) is 90.1 cm³/mol. The molecule has 1 aromatic heterocycles. The Morgan fingerprint density at radius 2 is 2.00 bits per heavy atom. The van der Waals surface area contributed by atoms with Crippen LogP contribution in [0.15, 0.2) is 4.47 Å². The molecule has 20 heavy (non-hydrogen) atoms. The lowest BCUT2D eigenvalue weighted by Gasteiger charge is -2.26. The number of likely N-dealkylation sites (N-methyl/N-ethyl adjacent to an activating group) is 1. The van der Waals surface area contributed by atoms with Crippen molar-refractivity contribution in [3.05, 3.63) is 15.9 Å². The Bertz CT molecular complexity index is 401. The summed E-state index contributed by atoms with van der Waals surface area (Å²) in [5.41, 5.74) is 2.48. The zero-order valence-electron chi connectivity index (χ0n) is 13.7. The van der Waals surface area contributed by atoms with Crippen LogP contribution in [0.3, 0.4) is 0 Å². The summed E-state index contributed by atoms with van der Waals surface area (Å²) in [5.74, 6) is 0.742. The van der Waals surface area contributed by atoms with Gasteiger partial charge in [-0.15, -0.1) is 0 Å². The highest BCUT2D eigenvalue weighted by atomic mass is 79.9. The lowest BCUT2D eigenvalue weighted by atomic mass is 9.88. The van der Waals surface area contributed by atoms with E-state index in [1.54, 1.807) is 0 Å². The molecule has 1 heterocycles. The number of nitrogens with one attached hydrogen (secondary N) is 1. The smallest absolute Gasteiger partial charge is 0.0766 e. The highest BCUT2D eigenvalue weighted by Gasteiger charge is 2.22. The lowest BCUT2D eigenvalue weighted by molar-refractivity contribution is 0.326. The van der Waals surface area contributed by atoms with Gasteiger partial charge >= 0.3 is 0 Å². The van der Waals surface area contributed by atoms with E-state index in [0.29, 0.717) is 6.04 Å². The Balaban J connectivity index is 2.84. The molecule has 0 radical (unpaired) electrons. The quantitative estimate of drug-likeness (QED) is 0.731. The van der Waals surface area contributed by atoms with Crippen molar-refractivity contribution in [2.24, 2.45) is 13.0 Å². The molecule has 116 valence electrons. The molecule has 4 heteroatoms.